The van der Waals surface area contributed by atoms with Crippen molar-refractivity contribution in [3.05, 3.63) is 36.2 Å². The number of amides is 1. The van der Waals surface area contributed by atoms with E-state index in [2.05, 4.69) is 15.1 Å². The van der Waals surface area contributed by atoms with Crippen molar-refractivity contribution in [2.45, 2.75) is 31.2 Å². The van der Waals surface area contributed by atoms with Gasteiger partial charge in [0.15, 0.2) is 0 Å². The van der Waals surface area contributed by atoms with E-state index in [1.807, 2.05) is 6.92 Å². The Bertz CT molecular complexity index is 826. The highest BCUT2D eigenvalue weighted by atomic mass is 32.2. The van der Waals surface area contributed by atoms with Gasteiger partial charge >= 0.3 is 0 Å². The minimum Gasteiger partial charge on any atom is -0.326 e. The van der Waals surface area contributed by atoms with Crippen molar-refractivity contribution >= 4 is 27.3 Å². The van der Waals surface area contributed by atoms with Crippen molar-refractivity contribution in [2.75, 3.05) is 10.0 Å². The van der Waals surface area contributed by atoms with Gasteiger partial charge in [0.2, 0.25) is 5.91 Å². The van der Waals surface area contributed by atoms with Crippen molar-refractivity contribution < 1.29 is 13.2 Å². The molecule has 3 rings (SSSR count). The summed E-state index contributed by atoms with van der Waals surface area (Å²) in [5.41, 5.74) is 1.92. The smallest absolute Gasteiger partial charge is 0.262 e. The van der Waals surface area contributed by atoms with Crippen LogP contribution in [0.4, 0.5) is 11.4 Å². The number of hydrogen-bond donors (Lipinski definition) is 2. The molecule has 7 nitrogen and oxygen atoms in total. The van der Waals surface area contributed by atoms with Gasteiger partial charge in [0.25, 0.3) is 10.0 Å². The number of aryl methyl sites for hydroxylation is 2. The average Bonchev–Trinajstić information content (AvgIpc) is 2.93. The third kappa shape index (κ3) is 2.82. The molecule has 0 atom stereocenters. The van der Waals surface area contributed by atoms with Gasteiger partial charge in [-0.05, 0) is 37.1 Å². The zero-order valence-corrected chi connectivity index (χ0v) is 12.9. The molecule has 0 fully saturated rings. The van der Waals surface area contributed by atoms with Crippen LogP contribution in [0, 0.1) is 0 Å². The van der Waals surface area contributed by atoms with E-state index in [-0.39, 0.29) is 10.8 Å². The predicted octanol–water partition coefficient (Wildman–Crippen LogP) is 1.59. The predicted molar refractivity (Wildman–Crippen MR) is 82.1 cm³/mol. The van der Waals surface area contributed by atoms with Crippen molar-refractivity contribution in [1.29, 1.82) is 0 Å². The Morgan fingerprint density at radius 3 is 2.91 bits per heavy atom. The Balaban J connectivity index is 1.87. The largest absolute Gasteiger partial charge is 0.326 e. The summed E-state index contributed by atoms with van der Waals surface area (Å²) >= 11 is 0. The molecular formula is C14H16N4O3S. The lowest BCUT2D eigenvalue weighted by Gasteiger charge is -2.17. The van der Waals surface area contributed by atoms with E-state index in [0.717, 1.165) is 5.56 Å². The van der Waals surface area contributed by atoms with Gasteiger partial charge in [-0.15, -0.1) is 0 Å². The molecule has 2 aromatic rings. The Hall–Kier alpha value is -2.35. The molecule has 0 unspecified atom stereocenters. The van der Waals surface area contributed by atoms with E-state index in [9.17, 15) is 13.2 Å². The van der Waals surface area contributed by atoms with Gasteiger partial charge < -0.3 is 5.32 Å². The van der Waals surface area contributed by atoms with Crippen LogP contribution in [0.2, 0.25) is 0 Å². The van der Waals surface area contributed by atoms with Crippen LogP contribution in [0.1, 0.15) is 18.9 Å². The van der Waals surface area contributed by atoms with Gasteiger partial charge in [-0.3, -0.25) is 14.2 Å². The molecule has 0 saturated heterocycles. The van der Waals surface area contributed by atoms with Gasteiger partial charge in [0.05, 0.1) is 16.8 Å². The Labute approximate surface area is 128 Å². The van der Waals surface area contributed by atoms with E-state index in [1.165, 1.54) is 12.3 Å². The lowest BCUT2D eigenvalue weighted by atomic mass is 10.0. The maximum atomic E-state index is 12.4. The minimum atomic E-state index is -3.67. The van der Waals surface area contributed by atoms with Crippen LogP contribution in [-0.2, 0) is 27.8 Å². The second-order valence-electron chi connectivity index (χ2n) is 5.06. The van der Waals surface area contributed by atoms with E-state index in [1.54, 1.807) is 23.0 Å². The van der Waals surface area contributed by atoms with Crippen molar-refractivity contribution in [3.8, 4) is 0 Å². The van der Waals surface area contributed by atoms with Crippen LogP contribution in [-0.4, -0.2) is 24.1 Å². The summed E-state index contributed by atoms with van der Waals surface area (Å²) in [6.45, 7) is 2.59. The van der Waals surface area contributed by atoms with E-state index < -0.39 is 10.0 Å². The number of sulfonamides is 1. The monoisotopic (exact) mass is 320 g/mol. The Kier molecular flexibility index (Phi) is 3.61. The third-order valence-corrected chi connectivity index (χ3v) is 4.87. The van der Waals surface area contributed by atoms with Crippen molar-refractivity contribution in [2.24, 2.45) is 0 Å². The van der Waals surface area contributed by atoms with Gasteiger partial charge in [0, 0.05) is 24.8 Å². The van der Waals surface area contributed by atoms with Crippen molar-refractivity contribution in [1.82, 2.24) is 9.78 Å². The fourth-order valence-electron chi connectivity index (χ4n) is 2.33. The topological polar surface area (TPSA) is 93.1 Å². The van der Waals surface area contributed by atoms with E-state index in [4.69, 9.17) is 0 Å². The number of fused-ring (bicyclic) bond motifs is 1. The molecule has 0 aliphatic carbocycles. The number of carbonyl (C=O) groups is 1. The molecule has 22 heavy (non-hydrogen) atoms. The first-order valence-electron chi connectivity index (χ1n) is 6.96. The van der Waals surface area contributed by atoms with Crippen LogP contribution in [0.15, 0.2) is 35.5 Å². The second-order valence-corrected chi connectivity index (χ2v) is 6.74. The summed E-state index contributed by atoms with van der Waals surface area (Å²) in [5.74, 6) is -0.0480. The molecule has 2 N–H and O–H groups in total. The summed E-state index contributed by atoms with van der Waals surface area (Å²) < 4.78 is 29.0. The quantitative estimate of drug-likeness (QED) is 0.894. The SMILES string of the molecule is CCn1cc(NS(=O)(=O)c2ccc3c(c2)CCC(=O)N3)cn1. The number of rotatable bonds is 4. The average molecular weight is 320 g/mol. The number of hydrogen-bond acceptors (Lipinski definition) is 4. The molecule has 0 saturated carbocycles. The van der Waals surface area contributed by atoms with Gasteiger partial charge in [-0.25, -0.2) is 8.42 Å². The zero-order valence-electron chi connectivity index (χ0n) is 12.0. The van der Waals surface area contributed by atoms with Crippen LogP contribution >= 0.6 is 0 Å². The van der Waals surface area contributed by atoms with E-state index >= 15 is 0 Å². The van der Waals surface area contributed by atoms with Crippen LogP contribution < -0.4 is 10.0 Å². The summed E-state index contributed by atoms with van der Waals surface area (Å²) in [7, 11) is -3.67. The summed E-state index contributed by atoms with van der Waals surface area (Å²) in [5, 5.41) is 6.76. The fraction of sp³-hybridized carbons (Fsp3) is 0.286. The number of carbonyl (C=O) groups excluding carboxylic acids is 1. The molecule has 1 aromatic carbocycles. The number of nitrogens with zero attached hydrogens (tertiary/aromatic N) is 2. The van der Waals surface area contributed by atoms with Crippen LogP contribution in [0.3, 0.4) is 0 Å². The Morgan fingerprint density at radius 1 is 1.36 bits per heavy atom. The Morgan fingerprint density at radius 2 is 2.18 bits per heavy atom. The standard InChI is InChI=1S/C14H16N4O3S/c1-2-18-9-11(8-15-18)17-22(20,21)12-4-5-13-10(7-12)3-6-14(19)16-13/h4-5,7-9,17H,2-3,6H2,1H3,(H,16,19). The van der Waals surface area contributed by atoms with E-state index in [0.29, 0.717) is 30.8 Å². The highest BCUT2D eigenvalue weighted by Gasteiger charge is 2.20. The molecule has 1 aromatic heterocycles. The summed E-state index contributed by atoms with van der Waals surface area (Å²) in [4.78, 5) is 11.5. The maximum absolute atomic E-state index is 12.4. The van der Waals surface area contributed by atoms with Gasteiger partial charge in [0.1, 0.15) is 0 Å². The molecule has 0 spiro atoms. The summed E-state index contributed by atoms with van der Waals surface area (Å²) in [6, 6.07) is 4.70. The van der Waals surface area contributed by atoms with Crippen LogP contribution in [0.25, 0.3) is 0 Å². The molecule has 0 radical (unpaired) electrons. The first-order chi connectivity index (χ1) is 10.5. The second kappa shape index (κ2) is 5.45. The molecular weight excluding hydrogens is 304 g/mol. The number of aromatic nitrogens is 2. The number of nitrogens with one attached hydrogen (secondary N) is 2. The van der Waals surface area contributed by atoms with Crippen molar-refractivity contribution in [3.63, 3.8) is 0 Å². The zero-order chi connectivity index (χ0) is 15.7. The normalized spacial score (nSPS) is 14.3. The molecule has 0 bridgehead atoms. The highest BCUT2D eigenvalue weighted by molar-refractivity contribution is 7.92. The lowest BCUT2D eigenvalue weighted by molar-refractivity contribution is -0.116. The molecule has 1 amide bonds. The van der Waals surface area contributed by atoms with Gasteiger partial charge in [-0.2, -0.15) is 5.10 Å². The summed E-state index contributed by atoms with van der Waals surface area (Å²) in [6.07, 6.45) is 4.02. The first-order valence-corrected chi connectivity index (χ1v) is 8.44. The molecule has 2 heterocycles. The number of anilines is 2. The third-order valence-electron chi connectivity index (χ3n) is 3.49. The lowest BCUT2D eigenvalue weighted by Crippen LogP contribution is -2.20. The highest BCUT2D eigenvalue weighted by Crippen LogP contribution is 2.26. The van der Waals surface area contributed by atoms with Crippen LogP contribution in [0.5, 0.6) is 0 Å². The molecule has 8 heteroatoms. The maximum Gasteiger partial charge on any atom is 0.262 e. The molecule has 1 aliphatic heterocycles. The van der Waals surface area contributed by atoms with Gasteiger partial charge in [-0.1, -0.05) is 0 Å². The minimum absolute atomic E-state index is 0.0480. The molecule has 1 aliphatic rings. The first kappa shape index (κ1) is 14.6. The molecule has 116 valence electrons. The fourth-order valence-corrected chi connectivity index (χ4v) is 3.41. The number of benzene rings is 1.